The number of carboxylic acids is 1. The first-order valence-corrected chi connectivity index (χ1v) is 6.90. The number of fused-ring (bicyclic) bond motifs is 1. The zero-order valence-electron chi connectivity index (χ0n) is 10.7. The molecule has 0 aromatic carbocycles. The first-order chi connectivity index (χ1) is 10.1. The van der Waals surface area contributed by atoms with Crippen molar-refractivity contribution in [1.29, 1.82) is 0 Å². The Morgan fingerprint density at radius 2 is 2.24 bits per heavy atom. The molecule has 0 aliphatic rings. The van der Waals surface area contributed by atoms with Crippen LogP contribution in [0.2, 0.25) is 0 Å². The number of aromatic nitrogens is 3. The number of hydrogen-bond donors (Lipinski definition) is 2. The minimum absolute atomic E-state index is 0.0716. The molecule has 3 aromatic heterocycles. The average Bonchev–Trinajstić information content (AvgIpc) is 3.00. The molecule has 7 nitrogen and oxygen atoms in total. The van der Waals surface area contributed by atoms with Gasteiger partial charge in [0, 0.05) is 24.0 Å². The molecule has 1 amide bonds. The summed E-state index contributed by atoms with van der Waals surface area (Å²) in [6.45, 7) is 0. The summed E-state index contributed by atoms with van der Waals surface area (Å²) in [5, 5.41) is 13.3. The number of nitrogens with zero attached hydrogens (tertiary/aromatic N) is 3. The lowest BCUT2D eigenvalue weighted by atomic mass is 10.3. The van der Waals surface area contributed by atoms with E-state index in [4.69, 9.17) is 5.11 Å². The molecule has 0 aliphatic carbocycles. The summed E-state index contributed by atoms with van der Waals surface area (Å²) in [5.41, 5.74) is 0.740. The zero-order chi connectivity index (χ0) is 14.8. The summed E-state index contributed by atoms with van der Waals surface area (Å²) < 4.78 is 1.85. The standard InChI is InChI=1S/C13H10N4O3S/c18-11(5-9-7-17-3-4-21-13(17)15-9)16-10-2-1-8(6-14-10)12(19)20/h1-4,6-7H,5H2,(H,19,20)(H,14,16,18). The SMILES string of the molecule is O=C(Cc1cn2ccsc2n1)Nc1ccc(C(=O)O)cn1. The number of hydrogen-bond acceptors (Lipinski definition) is 5. The van der Waals surface area contributed by atoms with E-state index in [1.165, 1.54) is 29.7 Å². The van der Waals surface area contributed by atoms with Crippen molar-refractivity contribution < 1.29 is 14.7 Å². The van der Waals surface area contributed by atoms with Crippen LogP contribution in [0.1, 0.15) is 16.1 Å². The van der Waals surface area contributed by atoms with Gasteiger partial charge in [0.1, 0.15) is 5.82 Å². The smallest absolute Gasteiger partial charge is 0.337 e. The Morgan fingerprint density at radius 3 is 2.90 bits per heavy atom. The molecule has 0 unspecified atom stereocenters. The molecule has 106 valence electrons. The van der Waals surface area contributed by atoms with E-state index in [-0.39, 0.29) is 17.9 Å². The third-order valence-electron chi connectivity index (χ3n) is 2.76. The van der Waals surface area contributed by atoms with Crippen molar-refractivity contribution in [1.82, 2.24) is 14.4 Å². The summed E-state index contributed by atoms with van der Waals surface area (Å²) in [6, 6.07) is 2.84. The number of carboxylic acid groups (broad SMARTS) is 1. The Morgan fingerprint density at radius 1 is 1.38 bits per heavy atom. The van der Waals surface area contributed by atoms with Gasteiger partial charge in [0.2, 0.25) is 5.91 Å². The second kappa shape index (κ2) is 5.33. The molecule has 0 saturated carbocycles. The van der Waals surface area contributed by atoms with E-state index < -0.39 is 5.97 Å². The lowest BCUT2D eigenvalue weighted by molar-refractivity contribution is -0.115. The Balaban J connectivity index is 1.65. The molecule has 3 heterocycles. The number of anilines is 1. The highest BCUT2D eigenvalue weighted by atomic mass is 32.1. The van der Waals surface area contributed by atoms with Crippen LogP contribution in [-0.4, -0.2) is 31.4 Å². The van der Waals surface area contributed by atoms with Crippen LogP contribution < -0.4 is 5.32 Å². The van der Waals surface area contributed by atoms with Crippen molar-refractivity contribution in [3.05, 3.63) is 47.4 Å². The summed E-state index contributed by atoms with van der Waals surface area (Å²) in [6.07, 6.45) is 5.01. The third kappa shape index (κ3) is 2.90. The van der Waals surface area contributed by atoms with E-state index >= 15 is 0 Å². The number of imidazole rings is 1. The van der Waals surface area contributed by atoms with Crippen LogP contribution in [0.25, 0.3) is 4.96 Å². The molecule has 0 fully saturated rings. The summed E-state index contributed by atoms with van der Waals surface area (Å²) >= 11 is 1.50. The van der Waals surface area contributed by atoms with Crippen LogP contribution in [0, 0.1) is 0 Å². The van der Waals surface area contributed by atoms with Crippen molar-refractivity contribution in [3.8, 4) is 0 Å². The van der Waals surface area contributed by atoms with Crippen LogP contribution >= 0.6 is 11.3 Å². The highest BCUT2D eigenvalue weighted by molar-refractivity contribution is 7.15. The largest absolute Gasteiger partial charge is 0.478 e. The molecule has 3 rings (SSSR count). The molecule has 21 heavy (non-hydrogen) atoms. The maximum absolute atomic E-state index is 11.9. The quantitative estimate of drug-likeness (QED) is 0.764. The number of amides is 1. The Hall–Kier alpha value is -2.74. The maximum atomic E-state index is 11.9. The van der Waals surface area contributed by atoms with Gasteiger partial charge >= 0.3 is 5.97 Å². The highest BCUT2D eigenvalue weighted by Crippen LogP contribution is 2.12. The van der Waals surface area contributed by atoms with E-state index in [1.807, 2.05) is 16.0 Å². The lowest BCUT2D eigenvalue weighted by Gasteiger charge is -2.03. The minimum atomic E-state index is -1.06. The van der Waals surface area contributed by atoms with Gasteiger partial charge in [-0.25, -0.2) is 14.8 Å². The fraction of sp³-hybridized carbons (Fsp3) is 0.0769. The van der Waals surface area contributed by atoms with Crippen LogP contribution in [0.4, 0.5) is 5.82 Å². The molecule has 0 radical (unpaired) electrons. The summed E-state index contributed by atoms with van der Waals surface area (Å²) in [4.78, 5) is 31.6. The predicted molar refractivity (Wildman–Crippen MR) is 76.6 cm³/mol. The molecule has 8 heteroatoms. The first kappa shape index (κ1) is 13.3. The van der Waals surface area contributed by atoms with E-state index in [0.717, 1.165) is 4.96 Å². The van der Waals surface area contributed by atoms with Crippen molar-refractivity contribution in [3.63, 3.8) is 0 Å². The average molecular weight is 302 g/mol. The number of carbonyl (C=O) groups is 2. The topological polar surface area (TPSA) is 96.6 Å². The lowest BCUT2D eigenvalue weighted by Crippen LogP contribution is -2.15. The van der Waals surface area contributed by atoms with Gasteiger partial charge in [-0.2, -0.15) is 0 Å². The van der Waals surface area contributed by atoms with Crippen molar-refractivity contribution in [2.45, 2.75) is 6.42 Å². The van der Waals surface area contributed by atoms with Crippen LogP contribution in [-0.2, 0) is 11.2 Å². The zero-order valence-corrected chi connectivity index (χ0v) is 11.5. The number of rotatable bonds is 4. The van der Waals surface area contributed by atoms with Gasteiger partial charge in [0.25, 0.3) is 0 Å². The minimum Gasteiger partial charge on any atom is -0.478 e. The highest BCUT2D eigenvalue weighted by Gasteiger charge is 2.10. The molecule has 0 saturated heterocycles. The number of nitrogens with one attached hydrogen (secondary N) is 1. The van der Waals surface area contributed by atoms with Crippen LogP contribution in [0.15, 0.2) is 36.1 Å². The van der Waals surface area contributed by atoms with E-state index in [1.54, 1.807) is 6.20 Å². The molecule has 3 aromatic rings. The van der Waals surface area contributed by atoms with Gasteiger partial charge in [-0.1, -0.05) is 0 Å². The van der Waals surface area contributed by atoms with Gasteiger partial charge in [-0.05, 0) is 12.1 Å². The van der Waals surface area contributed by atoms with Crippen LogP contribution in [0.5, 0.6) is 0 Å². The van der Waals surface area contributed by atoms with E-state index in [0.29, 0.717) is 11.5 Å². The summed E-state index contributed by atoms with van der Waals surface area (Å²) in [5.74, 6) is -0.999. The monoisotopic (exact) mass is 302 g/mol. The summed E-state index contributed by atoms with van der Waals surface area (Å²) in [7, 11) is 0. The predicted octanol–water partition coefficient (Wildman–Crippen LogP) is 1.67. The fourth-order valence-electron chi connectivity index (χ4n) is 1.81. The molecule has 0 spiro atoms. The third-order valence-corrected chi connectivity index (χ3v) is 3.53. The van der Waals surface area contributed by atoms with Gasteiger partial charge in [-0.3, -0.25) is 9.20 Å². The Labute approximate surface area is 122 Å². The van der Waals surface area contributed by atoms with Gasteiger partial charge in [0.15, 0.2) is 4.96 Å². The molecule has 0 atom stereocenters. The van der Waals surface area contributed by atoms with Crippen molar-refractivity contribution >= 4 is 34.0 Å². The fourth-order valence-corrected chi connectivity index (χ4v) is 2.53. The number of thiazole rings is 1. The Bertz CT molecular complexity index is 778. The molecule has 2 N–H and O–H groups in total. The van der Waals surface area contributed by atoms with Crippen molar-refractivity contribution in [2.24, 2.45) is 0 Å². The normalized spacial score (nSPS) is 10.7. The Kier molecular flexibility index (Phi) is 3.36. The maximum Gasteiger partial charge on any atom is 0.337 e. The molecule has 0 aliphatic heterocycles. The van der Waals surface area contributed by atoms with Gasteiger partial charge < -0.3 is 10.4 Å². The molecule has 0 bridgehead atoms. The van der Waals surface area contributed by atoms with Gasteiger partial charge in [0.05, 0.1) is 17.7 Å². The van der Waals surface area contributed by atoms with Crippen molar-refractivity contribution in [2.75, 3.05) is 5.32 Å². The number of carbonyl (C=O) groups excluding carboxylic acids is 1. The number of pyridine rings is 1. The van der Waals surface area contributed by atoms with Gasteiger partial charge in [-0.15, -0.1) is 11.3 Å². The van der Waals surface area contributed by atoms with E-state index in [2.05, 4.69) is 15.3 Å². The second-order valence-electron chi connectivity index (χ2n) is 4.29. The second-order valence-corrected chi connectivity index (χ2v) is 5.16. The number of aromatic carboxylic acids is 1. The van der Waals surface area contributed by atoms with Crippen LogP contribution in [0.3, 0.4) is 0 Å². The van der Waals surface area contributed by atoms with E-state index in [9.17, 15) is 9.59 Å². The molecular formula is C13H10N4O3S. The molecular weight excluding hydrogens is 292 g/mol. The first-order valence-electron chi connectivity index (χ1n) is 6.02.